The predicted octanol–water partition coefficient (Wildman–Crippen LogP) is 3.52. The molecular formula is C15H23NP+. The van der Waals surface area contributed by atoms with Crippen LogP contribution in [0.4, 0.5) is 0 Å². The highest BCUT2D eigenvalue weighted by Gasteiger charge is 2.49. The molecule has 17 heavy (non-hydrogen) atoms. The van der Waals surface area contributed by atoms with Gasteiger partial charge in [-0.3, -0.25) is 0 Å². The zero-order valence-corrected chi connectivity index (χ0v) is 11.5. The molecule has 0 unspecified atom stereocenters. The smallest absolute Gasteiger partial charge is 0.115 e. The van der Waals surface area contributed by atoms with E-state index >= 15 is 0 Å². The molecule has 0 spiro atoms. The van der Waals surface area contributed by atoms with Crippen molar-refractivity contribution in [3.63, 3.8) is 0 Å². The van der Waals surface area contributed by atoms with Crippen LogP contribution >= 0.6 is 7.41 Å². The van der Waals surface area contributed by atoms with E-state index in [2.05, 4.69) is 35.0 Å². The molecule has 0 radical (unpaired) electrons. The molecule has 2 heteroatoms. The Labute approximate surface area is 106 Å². The summed E-state index contributed by atoms with van der Waals surface area (Å²) < 4.78 is 2.90. The average molecular weight is 248 g/mol. The first-order valence-electron chi connectivity index (χ1n) is 7.10. The average Bonchev–Trinajstić information content (AvgIpc) is 2.91. The van der Waals surface area contributed by atoms with Gasteiger partial charge in [0.15, 0.2) is 0 Å². The monoisotopic (exact) mass is 248 g/mol. The van der Waals surface area contributed by atoms with E-state index in [1.165, 1.54) is 57.5 Å². The second-order valence-electron chi connectivity index (χ2n) is 5.43. The minimum atomic E-state index is -0.941. The zero-order valence-electron chi connectivity index (χ0n) is 10.6. The maximum atomic E-state index is 2.90. The Bertz CT molecular complexity index is 350. The standard InChI is InChI=1S/C15H23NP/c1-3-9-15(10-4-1)17(13-7-8-14-17)16-11-5-2-6-12-16/h1,3-4,9-10H,2,5-8,11-14H2/q+1. The molecule has 0 aliphatic carbocycles. The lowest BCUT2D eigenvalue weighted by Gasteiger charge is -2.36. The van der Waals surface area contributed by atoms with E-state index in [0.717, 1.165) is 0 Å². The van der Waals surface area contributed by atoms with Crippen molar-refractivity contribution >= 4 is 12.7 Å². The topological polar surface area (TPSA) is 3.24 Å². The number of benzene rings is 1. The van der Waals surface area contributed by atoms with E-state index < -0.39 is 7.41 Å². The van der Waals surface area contributed by atoms with Crippen molar-refractivity contribution in [1.29, 1.82) is 0 Å². The van der Waals surface area contributed by atoms with Crippen LogP contribution in [0.5, 0.6) is 0 Å². The summed E-state index contributed by atoms with van der Waals surface area (Å²) in [4.78, 5) is 0. The molecule has 2 aliphatic rings. The fourth-order valence-corrected chi connectivity index (χ4v) is 8.43. The third-order valence-corrected chi connectivity index (χ3v) is 9.27. The van der Waals surface area contributed by atoms with Gasteiger partial charge in [-0.25, -0.2) is 0 Å². The summed E-state index contributed by atoms with van der Waals surface area (Å²) in [6.07, 6.45) is 10.2. The Hall–Kier alpha value is -0.390. The van der Waals surface area contributed by atoms with Gasteiger partial charge in [-0.05, 0) is 37.8 Å². The molecule has 0 aromatic heterocycles. The summed E-state index contributed by atoms with van der Waals surface area (Å²) in [5.74, 6) is 0. The molecule has 2 saturated heterocycles. The van der Waals surface area contributed by atoms with Crippen LogP contribution in [0.2, 0.25) is 0 Å². The second kappa shape index (κ2) is 5.08. The highest BCUT2D eigenvalue weighted by atomic mass is 31.2. The quantitative estimate of drug-likeness (QED) is 0.724. The van der Waals surface area contributed by atoms with E-state index in [9.17, 15) is 0 Å². The van der Waals surface area contributed by atoms with Gasteiger partial charge in [0, 0.05) is 13.1 Å². The van der Waals surface area contributed by atoms with Gasteiger partial charge < -0.3 is 0 Å². The maximum Gasteiger partial charge on any atom is 0.115 e. The molecule has 0 saturated carbocycles. The number of rotatable bonds is 2. The molecule has 1 nitrogen and oxygen atoms in total. The minimum Gasteiger partial charge on any atom is -0.175 e. The molecule has 0 bridgehead atoms. The molecule has 1 aromatic carbocycles. The summed E-state index contributed by atoms with van der Waals surface area (Å²) in [7, 11) is -0.941. The Morgan fingerprint density at radius 1 is 0.765 bits per heavy atom. The van der Waals surface area contributed by atoms with Crippen molar-refractivity contribution in [2.75, 3.05) is 25.4 Å². The van der Waals surface area contributed by atoms with Crippen molar-refractivity contribution in [2.45, 2.75) is 32.1 Å². The highest BCUT2D eigenvalue weighted by Crippen LogP contribution is 2.65. The number of hydrogen-bond acceptors (Lipinski definition) is 1. The fourth-order valence-electron chi connectivity index (χ4n) is 3.53. The summed E-state index contributed by atoms with van der Waals surface area (Å²) in [6.45, 7) is 2.73. The van der Waals surface area contributed by atoms with E-state index in [1.54, 1.807) is 5.30 Å². The van der Waals surface area contributed by atoms with Crippen LogP contribution < -0.4 is 5.30 Å². The molecule has 2 fully saturated rings. The Morgan fingerprint density at radius 2 is 1.41 bits per heavy atom. The molecule has 0 atom stereocenters. The predicted molar refractivity (Wildman–Crippen MR) is 77.4 cm³/mol. The first kappa shape index (κ1) is 11.7. The van der Waals surface area contributed by atoms with Crippen molar-refractivity contribution < 1.29 is 0 Å². The lowest BCUT2D eigenvalue weighted by molar-refractivity contribution is 0.366. The first-order chi connectivity index (χ1) is 8.42. The van der Waals surface area contributed by atoms with Crippen LogP contribution in [0.1, 0.15) is 32.1 Å². The van der Waals surface area contributed by atoms with Gasteiger partial charge in [0.25, 0.3) is 0 Å². The van der Waals surface area contributed by atoms with Gasteiger partial charge in [0.1, 0.15) is 12.7 Å². The maximum absolute atomic E-state index is 2.90. The van der Waals surface area contributed by atoms with Gasteiger partial charge in [-0.15, -0.1) is 0 Å². The minimum absolute atomic E-state index is 0.941. The third kappa shape index (κ3) is 2.16. The fraction of sp³-hybridized carbons (Fsp3) is 0.600. The lowest BCUT2D eigenvalue weighted by atomic mass is 10.2. The largest absolute Gasteiger partial charge is 0.175 e. The first-order valence-corrected chi connectivity index (χ1v) is 9.21. The van der Waals surface area contributed by atoms with Gasteiger partial charge in [0.2, 0.25) is 0 Å². The van der Waals surface area contributed by atoms with Crippen LogP contribution in [-0.2, 0) is 0 Å². The van der Waals surface area contributed by atoms with Gasteiger partial charge in [0.05, 0.1) is 12.3 Å². The van der Waals surface area contributed by atoms with Gasteiger partial charge >= 0.3 is 0 Å². The molecule has 1 aromatic rings. The molecule has 0 N–H and O–H groups in total. The summed E-state index contributed by atoms with van der Waals surface area (Å²) >= 11 is 0. The number of hydrogen-bond donors (Lipinski definition) is 0. The summed E-state index contributed by atoms with van der Waals surface area (Å²) in [5.41, 5.74) is 0. The van der Waals surface area contributed by atoms with E-state index in [1.807, 2.05) is 0 Å². The number of nitrogens with zero attached hydrogens (tertiary/aromatic N) is 1. The SMILES string of the molecule is c1ccc([P+]2(N3CCCCC3)CCCC2)cc1. The molecule has 92 valence electrons. The molecule has 2 heterocycles. The summed E-state index contributed by atoms with van der Waals surface area (Å²) in [5, 5.41) is 1.68. The van der Waals surface area contributed by atoms with E-state index in [-0.39, 0.29) is 0 Å². The Morgan fingerprint density at radius 3 is 2.06 bits per heavy atom. The van der Waals surface area contributed by atoms with Crippen molar-refractivity contribution in [2.24, 2.45) is 0 Å². The van der Waals surface area contributed by atoms with Gasteiger partial charge in [-0.2, -0.15) is 4.67 Å². The highest BCUT2D eigenvalue weighted by molar-refractivity contribution is 7.81. The zero-order chi connectivity index (χ0) is 11.6. The third-order valence-electron chi connectivity index (χ3n) is 4.42. The number of piperidine rings is 1. The Balaban J connectivity index is 1.92. The van der Waals surface area contributed by atoms with Crippen LogP contribution in [0, 0.1) is 0 Å². The summed E-state index contributed by atoms with van der Waals surface area (Å²) in [6, 6.07) is 11.4. The normalized spacial score (nSPS) is 24.9. The van der Waals surface area contributed by atoms with Crippen molar-refractivity contribution in [3.05, 3.63) is 30.3 Å². The van der Waals surface area contributed by atoms with Crippen LogP contribution in [-0.4, -0.2) is 30.1 Å². The molecular weight excluding hydrogens is 225 g/mol. The van der Waals surface area contributed by atoms with Crippen molar-refractivity contribution in [3.8, 4) is 0 Å². The lowest BCUT2D eigenvalue weighted by Crippen LogP contribution is -2.36. The molecule has 3 rings (SSSR count). The van der Waals surface area contributed by atoms with E-state index in [4.69, 9.17) is 0 Å². The van der Waals surface area contributed by atoms with E-state index in [0.29, 0.717) is 0 Å². The second-order valence-corrected chi connectivity index (χ2v) is 9.25. The van der Waals surface area contributed by atoms with Crippen LogP contribution in [0.25, 0.3) is 0 Å². The van der Waals surface area contributed by atoms with Gasteiger partial charge in [-0.1, -0.05) is 24.6 Å². The molecule has 0 amide bonds. The van der Waals surface area contributed by atoms with Crippen molar-refractivity contribution in [1.82, 2.24) is 4.67 Å². The van der Waals surface area contributed by atoms with Crippen LogP contribution in [0.3, 0.4) is 0 Å². The Kier molecular flexibility index (Phi) is 3.49. The van der Waals surface area contributed by atoms with Crippen LogP contribution in [0.15, 0.2) is 30.3 Å². The molecule has 2 aliphatic heterocycles.